The lowest BCUT2D eigenvalue weighted by atomic mass is 9.82. The lowest BCUT2D eigenvalue weighted by molar-refractivity contribution is -0.167. The average molecular weight is 350 g/mol. The third-order valence-corrected chi connectivity index (χ3v) is 5.47. The smallest absolute Gasteiger partial charge is 0.261 e. The molecule has 2 aromatic carbocycles. The molecule has 1 saturated heterocycles. The van der Waals surface area contributed by atoms with Crippen LogP contribution in [0.25, 0.3) is 0 Å². The summed E-state index contributed by atoms with van der Waals surface area (Å²) in [6.07, 6.45) is 3.73. The summed E-state index contributed by atoms with van der Waals surface area (Å²) in [6, 6.07) is 18.6. The second-order valence-corrected chi connectivity index (χ2v) is 7.36. The van der Waals surface area contributed by atoms with Gasteiger partial charge in [-0.25, -0.2) is 0 Å². The second-order valence-electron chi connectivity index (χ2n) is 7.36. The van der Waals surface area contributed by atoms with Gasteiger partial charge in [0, 0.05) is 30.3 Å². The number of ether oxygens (including phenoxy) is 1. The van der Waals surface area contributed by atoms with Gasteiger partial charge in [0.25, 0.3) is 5.91 Å². The van der Waals surface area contributed by atoms with Crippen molar-refractivity contribution < 1.29 is 9.53 Å². The fourth-order valence-corrected chi connectivity index (χ4v) is 4.25. The SMILES string of the molecule is CCC[C@H]1C[C@@H](NCc2ccccc2)C[C@@]2(O1)C(=O)Nc1ccccc12. The number of fused-ring (bicyclic) bond motifs is 2. The second kappa shape index (κ2) is 7.22. The van der Waals surface area contributed by atoms with E-state index >= 15 is 0 Å². The van der Waals surface area contributed by atoms with Crippen LogP contribution < -0.4 is 10.6 Å². The van der Waals surface area contributed by atoms with Crippen LogP contribution in [0.15, 0.2) is 54.6 Å². The summed E-state index contributed by atoms with van der Waals surface area (Å²) >= 11 is 0. The van der Waals surface area contributed by atoms with Gasteiger partial charge in [0.05, 0.1) is 6.10 Å². The largest absolute Gasteiger partial charge is 0.357 e. The van der Waals surface area contributed by atoms with Crippen LogP contribution in [0.5, 0.6) is 0 Å². The molecule has 1 fully saturated rings. The first-order valence-electron chi connectivity index (χ1n) is 9.57. The van der Waals surface area contributed by atoms with Gasteiger partial charge in [-0.15, -0.1) is 0 Å². The molecule has 0 bridgehead atoms. The lowest BCUT2D eigenvalue weighted by Gasteiger charge is -2.41. The van der Waals surface area contributed by atoms with E-state index < -0.39 is 5.60 Å². The van der Waals surface area contributed by atoms with E-state index in [4.69, 9.17) is 4.74 Å². The molecule has 0 aliphatic carbocycles. The molecule has 4 heteroatoms. The molecular formula is C22H26N2O2. The topological polar surface area (TPSA) is 50.4 Å². The maximum Gasteiger partial charge on any atom is 0.261 e. The molecule has 4 rings (SSSR count). The molecule has 2 heterocycles. The van der Waals surface area contributed by atoms with Crippen molar-refractivity contribution in [2.75, 3.05) is 5.32 Å². The van der Waals surface area contributed by atoms with Crippen molar-refractivity contribution in [3.63, 3.8) is 0 Å². The molecule has 2 aromatic rings. The molecule has 4 nitrogen and oxygen atoms in total. The summed E-state index contributed by atoms with van der Waals surface area (Å²) in [6.45, 7) is 2.98. The molecule has 26 heavy (non-hydrogen) atoms. The fourth-order valence-electron chi connectivity index (χ4n) is 4.25. The first kappa shape index (κ1) is 17.3. The monoisotopic (exact) mass is 350 g/mol. The molecule has 3 atom stereocenters. The van der Waals surface area contributed by atoms with Crippen LogP contribution >= 0.6 is 0 Å². The standard InChI is InChI=1S/C22H26N2O2/c1-2-8-18-13-17(23-15-16-9-4-3-5-10-16)14-22(26-18)19-11-6-7-12-20(19)24-21(22)25/h3-7,9-12,17-18,23H,2,8,13-15H2,1H3,(H,24,25)/t17-,18+,22+/m1/s1. The molecule has 0 unspecified atom stereocenters. The number of hydrogen-bond donors (Lipinski definition) is 2. The summed E-state index contributed by atoms with van der Waals surface area (Å²) in [5.74, 6) is -0.0222. The van der Waals surface area contributed by atoms with Crippen molar-refractivity contribution in [1.29, 1.82) is 0 Å². The van der Waals surface area contributed by atoms with Gasteiger partial charge >= 0.3 is 0 Å². The molecule has 2 aliphatic rings. The number of carbonyl (C=O) groups excluding carboxylic acids is 1. The molecule has 2 N–H and O–H groups in total. The van der Waals surface area contributed by atoms with Crippen molar-refractivity contribution in [2.24, 2.45) is 0 Å². The predicted molar refractivity (Wildman–Crippen MR) is 103 cm³/mol. The molecule has 136 valence electrons. The number of anilines is 1. The van der Waals surface area contributed by atoms with E-state index in [1.54, 1.807) is 0 Å². The fraction of sp³-hybridized carbons (Fsp3) is 0.409. The molecular weight excluding hydrogens is 324 g/mol. The minimum Gasteiger partial charge on any atom is -0.357 e. The Kier molecular flexibility index (Phi) is 4.79. The number of para-hydroxylation sites is 1. The predicted octanol–water partition coefficient (Wildman–Crippen LogP) is 3.97. The minimum absolute atomic E-state index is 0.0222. The number of benzene rings is 2. The van der Waals surface area contributed by atoms with Crippen molar-refractivity contribution in [3.8, 4) is 0 Å². The van der Waals surface area contributed by atoms with Crippen LogP contribution in [0.1, 0.15) is 43.7 Å². The summed E-state index contributed by atoms with van der Waals surface area (Å²) in [4.78, 5) is 12.9. The Balaban J connectivity index is 1.58. The van der Waals surface area contributed by atoms with Gasteiger partial charge in [-0.3, -0.25) is 4.79 Å². The van der Waals surface area contributed by atoms with Crippen LogP contribution in [0.4, 0.5) is 5.69 Å². The Morgan fingerprint density at radius 2 is 1.92 bits per heavy atom. The van der Waals surface area contributed by atoms with Crippen molar-refractivity contribution in [1.82, 2.24) is 5.32 Å². The van der Waals surface area contributed by atoms with Gasteiger partial charge < -0.3 is 15.4 Å². The first-order valence-corrected chi connectivity index (χ1v) is 9.57. The van der Waals surface area contributed by atoms with Gasteiger partial charge in [0.1, 0.15) is 0 Å². The molecule has 0 saturated carbocycles. The van der Waals surface area contributed by atoms with Gasteiger partial charge in [0.15, 0.2) is 5.60 Å². The number of carbonyl (C=O) groups is 1. The van der Waals surface area contributed by atoms with Gasteiger partial charge in [-0.2, -0.15) is 0 Å². The Morgan fingerprint density at radius 1 is 1.15 bits per heavy atom. The Hall–Kier alpha value is -2.17. The normalized spacial score (nSPS) is 27.3. The molecule has 2 aliphatic heterocycles. The first-order chi connectivity index (χ1) is 12.7. The zero-order chi connectivity index (χ0) is 18.0. The highest BCUT2D eigenvalue weighted by Crippen LogP contribution is 2.46. The van der Waals surface area contributed by atoms with Crippen LogP contribution in [-0.4, -0.2) is 18.1 Å². The third kappa shape index (κ3) is 3.15. The number of nitrogens with one attached hydrogen (secondary N) is 2. The van der Waals surface area contributed by atoms with Gasteiger partial charge in [-0.1, -0.05) is 61.9 Å². The average Bonchev–Trinajstić information content (AvgIpc) is 2.92. The lowest BCUT2D eigenvalue weighted by Crippen LogP contribution is -2.52. The zero-order valence-corrected chi connectivity index (χ0v) is 15.2. The van der Waals surface area contributed by atoms with Crippen LogP contribution in [0, 0.1) is 0 Å². The molecule has 0 aromatic heterocycles. The highest BCUT2D eigenvalue weighted by molar-refractivity contribution is 6.05. The third-order valence-electron chi connectivity index (χ3n) is 5.47. The van der Waals surface area contributed by atoms with Crippen molar-refractivity contribution in [3.05, 3.63) is 65.7 Å². The zero-order valence-electron chi connectivity index (χ0n) is 15.2. The van der Waals surface area contributed by atoms with Crippen molar-refractivity contribution in [2.45, 2.75) is 56.9 Å². The van der Waals surface area contributed by atoms with Crippen LogP contribution in [0.3, 0.4) is 0 Å². The van der Waals surface area contributed by atoms with Crippen molar-refractivity contribution >= 4 is 11.6 Å². The number of rotatable bonds is 5. The van der Waals surface area contributed by atoms with Gasteiger partial charge in [-0.05, 0) is 24.5 Å². The highest BCUT2D eigenvalue weighted by Gasteiger charge is 2.53. The van der Waals surface area contributed by atoms with E-state index in [9.17, 15) is 4.79 Å². The number of hydrogen-bond acceptors (Lipinski definition) is 3. The summed E-state index contributed by atoms with van der Waals surface area (Å²) in [5, 5.41) is 6.69. The Morgan fingerprint density at radius 3 is 2.73 bits per heavy atom. The molecule has 1 spiro atoms. The molecule has 1 amide bonds. The quantitative estimate of drug-likeness (QED) is 0.858. The van der Waals surface area contributed by atoms with E-state index in [1.807, 2.05) is 30.3 Å². The minimum atomic E-state index is -0.858. The summed E-state index contributed by atoms with van der Waals surface area (Å²) in [5.41, 5.74) is 2.27. The van der Waals surface area contributed by atoms with E-state index in [0.29, 0.717) is 6.42 Å². The summed E-state index contributed by atoms with van der Waals surface area (Å²) in [7, 11) is 0. The maximum absolute atomic E-state index is 12.9. The van der Waals surface area contributed by atoms with Gasteiger partial charge in [0.2, 0.25) is 0 Å². The molecule has 0 radical (unpaired) electrons. The van der Waals surface area contributed by atoms with E-state index in [-0.39, 0.29) is 18.1 Å². The van der Waals surface area contributed by atoms with E-state index in [0.717, 1.165) is 37.1 Å². The number of amides is 1. The van der Waals surface area contributed by atoms with E-state index in [2.05, 4.69) is 41.8 Å². The van der Waals surface area contributed by atoms with Crippen LogP contribution in [0.2, 0.25) is 0 Å². The highest BCUT2D eigenvalue weighted by atomic mass is 16.5. The Labute approximate surface area is 155 Å². The maximum atomic E-state index is 12.9. The Bertz CT molecular complexity index is 777. The van der Waals surface area contributed by atoms with Crippen LogP contribution in [-0.2, 0) is 21.7 Å². The summed E-state index contributed by atoms with van der Waals surface area (Å²) < 4.78 is 6.44. The van der Waals surface area contributed by atoms with E-state index in [1.165, 1.54) is 5.56 Å².